The highest BCUT2D eigenvalue weighted by Gasteiger charge is 2.21. The summed E-state index contributed by atoms with van der Waals surface area (Å²) in [5.41, 5.74) is 5.15. The van der Waals surface area contributed by atoms with Crippen molar-refractivity contribution in [2.45, 2.75) is 26.4 Å². The molecule has 3 heteroatoms. The molecule has 0 atom stereocenters. The standard InChI is InChI=1S/C7H16N2O/c1-5-10-7(2,3)6(8)9-4/h5H2,1-4H3,(H2,8,9). The van der Waals surface area contributed by atoms with Crippen LogP contribution in [0, 0.1) is 0 Å². The predicted octanol–water partition coefficient (Wildman–Crippen LogP) is 0.789. The second-order valence-electron chi connectivity index (χ2n) is 2.55. The van der Waals surface area contributed by atoms with Gasteiger partial charge in [0.25, 0.3) is 0 Å². The van der Waals surface area contributed by atoms with Gasteiger partial charge in [-0.25, -0.2) is 0 Å². The van der Waals surface area contributed by atoms with Crippen LogP contribution in [0.3, 0.4) is 0 Å². The quantitative estimate of drug-likeness (QED) is 0.470. The number of hydrogen-bond donors (Lipinski definition) is 1. The monoisotopic (exact) mass is 144 g/mol. The van der Waals surface area contributed by atoms with Gasteiger partial charge in [-0.2, -0.15) is 0 Å². The normalized spacial score (nSPS) is 13.8. The van der Waals surface area contributed by atoms with Crippen LogP contribution < -0.4 is 5.73 Å². The summed E-state index contributed by atoms with van der Waals surface area (Å²) < 4.78 is 5.33. The van der Waals surface area contributed by atoms with E-state index in [1.54, 1.807) is 7.05 Å². The Bertz CT molecular complexity index is 130. The Morgan fingerprint density at radius 3 is 2.40 bits per heavy atom. The number of rotatable bonds is 3. The molecule has 0 aromatic rings. The summed E-state index contributed by atoms with van der Waals surface area (Å²) in [6.07, 6.45) is 0. The Morgan fingerprint density at radius 1 is 1.60 bits per heavy atom. The second-order valence-corrected chi connectivity index (χ2v) is 2.55. The summed E-state index contributed by atoms with van der Waals surface area (Å²) in [5, 5.41) is 0. The van der Waals surface area contributed by atoms with Gasteiger partial charge in [0.15, 0.2) is 0 Å². The van der Waals surface area contributed by atoms with Crippen molar-refractivity contribution in [3.63, 3.8) is 0 Å². The Balaban J connectivity index is 4.10. The Kier molecular flexibility index (Phi) is 3.36. The SMILES string of the molecule is CCOC(C)(C)C(N)=NC. The van der Waals surface area contributed by atoms with Crippen LogP contribution in [0.5, 0.6) is 0 Å². The summed E-state index contributed by atoms with van der Waals surface area (Å²) in [7, 11) is 1.66. The minimum atomic E-state index is -0.413. The lowest BCUT2D eigenvalue weighted by atomic mass is 10.1. The van der Waals surface area contributed by atoms with Gasteiger partial charge in [-0.1, -0.05) is 0 Å². The molecule has 0 spiro atoms. The third kappa shape index (κ3) is 2.35. The van der Waals surface area contributed by atoms with Crippen LogP contribution >= 0.6 is 0 Å². The van der Waals surface area contributed by atoms with Crippen molar-refractivity contribution in [3.05, 3.63) is 0 Å². The fourth-order valence-corrected chi connectivity index (χ4v) is 0.704. The molecular weight excluding hydrogens is 128 g/mol. The molecule has 0 aromatic carbocycles. The van der Waals surface area contributed by atoms with Crippen LogP contribution in [0.15, 0.2) is 4.99 Å². The summed E-state index contributed by atoms with van der Waals surface area (Å²) in [6, 6.07) is 0. The number of nitrogens with zero attached hydrogens (tertiary/aromatic N) is 1. The topological polar surface area (TPSA) is 47.6 Å². The van der Waals surface area contributed by atoms with E-state index in [1.165, 1.54) is 0 Å². The van der Waals surface area contributed by atoms with E-state index in [4.69, 9.17) is 10.5 Å². The summed E-state index contributed by atoms with van der Waals surface area (Å²) in [6.45, 7) is 6.39. The van der Waals surface area contributed by atoms with Crippen LogP contribution in [0.2, 0.25) is 0 Å². The molecule has 0 heterocycles. The average Bonchev–Trinajstić information content (AvgIpc) is 1.86. The van der Waals surface area contributed by atoms with Gasteiger partial charge in [-0.3, -0.25) is 4.99 Å². The van der Waals surface area contributed by atoms with Gasteiger partial charge < -0.3 is 10.5 Å². The first-order valence-corrected chi connectivity index (χ1v) is 3.41. The third-order valence-corrected chi connectivity index (χ3v) is 1.36. The first kappa shape index (κ1) is 9.43. The predicted molar refractivity (Wildman–Crippen MR) is 43.3 cm³/mol. The van der Waals surface area contributed by atoms with Crippen molar-refractivity contribution in [1.82, 2.24) is 0 Å². The number of ether oxygens (including phenoxy) is 1. The smallest absolute Gasteiger partial charge is 0.125 e. The number of hydrogen-bond acceptors (Lipinski definition) is 2. The van der Waals surface area contributed by atoms with Crippen molar-refractivity contribution in [2.75, 3.05) is 13.7 Å². The Labute approximate surface area is 62.3 Å². The number of nitrogens with two attached hydrogens (primary N) is 1. The molecule has 2 N–H and O–H groups in total. The minimum Gasteiger partial charge on any atom is -0.385 e. The van der Waals surface area contributed by atoms with Crippen LogP contribution in [-0.2, 0) is 4.74 Å². The van der Waals surface area contributed by atoms with Crippen LogP contribution in [0.1, 0.15) is 20.8 Å². The minimum absolute atomic E-state index is 0.413. The molecule has 0 aromatic heterocycles. The van der Waals surface area contributed by atoms with Gasteiger partial charge in [0.2, 0.25) is 0 Å². The van der Waals surface area contributed by atoms with E-state index in [2.05, 4.69) is 4.99 Å². The first-order chi connectivity index (χ1) is 4.54. The Morgan fingerprint density at radius 2 is 2.10 bits per heavy atom. The molecule has 0 bridgehead atoms. The van der Waals surface area contributed by atoms with E-state index in [9.17, 15) is 0 Å². The number of aliphatic imine (C=N–C) groups is 1. The zero-order valence-corrected chi connectivity index (χ0v) is 7.14. The van der Waals surface area contributed by atoms with Gasteiger partial charge in [0.1, 0.15) is 11.4 Å². The largest absolute Gasteiger partial charge is 0.385 e. The van der Waals surface area contributed by atoms with Gasteiger partial charge in [-0.05, 0) is 20.8 Å². The lowest BCUT2D eigenvalue weighted by Crippen LogP contribution is -2.40. The molecule has 0 aliphatic carbocycles. The maximum atomic E-state index is 5.56. The Hall–Kier alpha value is -0.570. The zero-order chi connectivity index (χ0) is 8.20. The molecular formula is C7H16N2O. The van der Waals surface area contributed by atoms with E-state index in [1.807, 2.05) is 20.8 Å². The lowest BCUT2D eigenvalue weighted by molar-refractivity contribution is 0.0431. The molecule has 0 fully saturated rings. The van der Waals surface area contributed by atoms with Crippen molar-refractivity contribution in [1.29, 1.82) is 0 Å². The van der Waals surface area contributed by atoms with Gasteiger partial charge in [0.05, 0.1) is 0 Å². The molecule has 10 heavy (non-hydrogen) atoms. The lowest BCUT2D eigenvalue weighted by Gasteiger charge is -2.23. The van der Waals surface area contributed by atoms with Gasteiger partial charge >= 0.3 is 0 Å². The maximum absolute atomic E-state index is 5.56. The van der Waals surface area contributed by atoms with Gasteiger partial charge in [-0.15, -0.1) is 0 Å². The molecule has 0 radical (unpaired) electrons. The van der Waals surface area contributed by atoms with E-state index in [-0.39, 0.29) is 0 Å². The maximum Gasteiger partial charge on any atom is 0.125 e. The fraction of sp³-hybridized carbons (Fsp3) is 0.857. The van der Waals surface area contributed by atoms with Gasteiger partial charge in [0, 0.05) is 13.7 Å². The third-order valence-electron chi connectivity index (χ3n) is 1.36. The summed E-state index contributed by atoms with van der Waals surface area (Å²) in [5.74, 6) is 0.536. The van der Waals surface area contributed by atoms with E-state index in [0.717, 1.165) is 0 Å². The molecule has 60 valence electrons. The van der Waals surface area contributed by atoms with E-state index < -0.39 is 5.60 Å². The molecule has 0 rings (SSSR count). The molecule has 3 nitrogen and oxygen atoms in total. The van der Waals surface area contributed by atoms with E-state index in [0.29, 0.717) is 12.4 Å². The fourth-order valence-electron chi connectivity index (χ4n) is 0.704. The second kappa shape index (κ2) is 3.56. The molecule has 0 aliphatic heterocycles. The van der Waals surface area contributed by atoms with E-state index >= 15 is 0 Å². The van der Waals surface area contributed by atoms with Crippen LogP contribution in [0.25, 0.3) is 0 Å². The first-order valence-electron chi connectivity index (χ1n) is 3.41. The zero-order valence-electron chi connectivity index (χ0n) is 7.14. The summed E-state index contributed by atoms with van der Waals surface area (Å²) in [4.78, 5) is 3.85. The molecule has 0 unspecified atom stereocenters. The number of amidine groups is 1. The molecule has 0 saturated heterocycles. The molecule has 0 amide bonds. The molecule has 0 aliphatic rings. The van der Waals surface area contributed by atoms with Crippen molar-refractivity contribution < 1.29 is 4.74 Å². The molecule has 0 saturated carbocycles. The highest BCUT2D eigenvalue weighted by atomic mass is 16.5. The average molecular weight is 144 g/mol. The van der Waals surface area contributed by atoms with Crippen molar-refractivity contribution in [2.24, 2.45) is 10.7 Å². The van der Waals surface area contributed by atoms with Crippen molar-refractivity contribution >= 4 is 5.84 Å². The highest BCUT2D eigenvalue weighted by molar-refractivity contribution is 5.88. The van der Waals surface area contributed by atoms with Crippen LogP contribution in [0.4, 0.5) is 0 Å². The van der Waals surface area contributed by atoms with Crippen LogP contribution in [-0.4, -0.2) is 25.1 Å². The highest BCUT2D eigenvalue weighted by Crippen LogP contribution is 2.07. The summed E-state index contributed by atoms with van der Waals surface area (Å²) >= 11 is 0. The van der Waals surface area contributed by atoms with Crippen molar-refractivity contribution in [3.8, 4) is 0 Å².